The van der Waals surface area contributed by atoms with Crippen LogP contribution in [0, 0.1) is 13.8 Å². The Hall–Kier alpha value is 0.130. The summed E-state index contributed by atoms with van der Waals surface area (Å²) < 4.78 is 0. The number of thiophene rings is 1. The van der Waals surface area contributed by atoms with Crippen LogP contribution in [0.3, 0.4) is 0 Å². The second-order valence-corrected chi connectivity index (χ2v) is 3.15. The van der Waals surface area contributed by atoms with Gasteiger partial charge in [0.1, 0.15) is 0 Å². The molecule has 0 bridgehead atoms. The number of hydrogen-bond donors (Lipinski definition) is 0. The summed E-state index contributed by atoms with van der Waals surface area (Å²) in [6.45, 7) is 4.25. The first-order valence-corrected chi connectivity index (χ1v) is 3.14. The first-order chi connectivity index (χ1) is 3.29. The van der Waals surface area contributed by atoms with Gasteiger partial charge in [0.05, 0.1) is 0 Å². The first kappa shape index (κ1) is 8.13. The van der Waals surface area contributed by atoms with Crippen molar-refractivity contribution in [3.63, 3.8) is 0 Å². The third-order valence-electron chi connectivity index (χ3n) is 0.875. The summed E-state index contributed by atoms with van der Waals surface area (Å²) >= 11 is 1.84. The van der Waals surface area contributed by atoms with Gasteiger partial charge >= 0.3 is 0 Å². The maximum atomic E-state index is 2.14. The maximum Gasteiger partial charge on any atom is 0.00170 e. The minimum Gasteiger partial charge on any atom is -0.153 e. The smallest absolute Gasteiger partial charge is 0.00170 e. The fourth-order valence-corrected chi connectivity index (χ4v) is 1.34. The molecule has 0 fully saturated rings. The van der Waals surface area contributed by atoms with Crippen LogP contribution in [-0.4, -0.2) is 0 Å². The molecule has 0 N–H and O–H groups in total. The third-order valence-corrected chi connectivity index (χ3v) is 1.79. The van der Waals surface area contributed by atoms with Crippen LogP contribution in [0.5, 0.6) is 0 Å². The van der Waals surface area contributed by atoms with Crippen LogP contribution in [-0.2, 0) is 0 Å². The van der Waals surface area contributed by atoms with Gasteiger partial charge in [-0.1, -0.05) is 0 Å². The van der Waals surface area contributed by atoms with Gasteiger partial charge in [-0.2, -0.15) is 9.90 Å². The Morgan fingerprint density at radius 3 is 1.62 bits per heavy atom. The molecule has 0 spiro atoms. The Bertz CT molecular complexity index is 141. The van der Waals surface area contributed by atoms with E-state index < -0.39 is 0 Å². The van der Waals surface area contributed by atoms with Crippen molar-refractivity contribution < 1.29 is 0 Å². The molecule has 0 aliphatic heterocycles. The minimum atomic E-state index is 0. The SMILES string of the molecule is Cc1ccc(C)s1.P. The van der Waals surface area contributed by atoms with Crippen molar-refractivity contribution in [3.05, 3.63) is 21.9 Å². The fourth-order valence-electron chi connectivity index (χ4n) is 0.557. The number of rotatable bonds is 0. The average Bonchev–Trinajstić information content (AvgIpc) is 1.87. The van der Waals surface area contributed by atoms with E-state index in [1.54, 1.807) is 0 Å². The lowest BCUT2D eigenvalue weighted by atomic mass is 10.5. The zero-order valence-corrected chi connectivity index (χ0v) is 7.50. The van der Waals surface area contributed by atoms with Gasteiger partial charge in [-0.3, -0.25) is 0 Å². The van der Waals surface area contributed by atoms with Crippen molar-refractivity contribution >= 4 is 21.2 Å². The monoisotopic (exact) mass is 146 g/mol. The van der Waals surface area contributed by atoms with E-state index in [1.165, 1.54) is 9.75 Å². The Morgan fingerprint density at radius 2 is 1.50 bits per heavy atom. The standard InChI is InChI=1S/C6H8S.H3P/c1-5-3-4-6(2)7-5;/h3-4H,1-2H3;1H3. The Labute approximate surface area is 57.6 Å². The summed E-state index contributed by atoms with van der Waals surface area (Å²) in [6, 6.07) is 4.28. The largest absolute Gasteiger partial charge is 0.153 e. The minimum absolute atomic E-state index is 0. The van der Waals surface area contributed by atoms with Crippen molar-refractivity contribution in [3.8, 4) is 0 Å². The van der Waals surface area contributed by atoms with Gasteiger partial charge in [0.15, 0.2) is 0 Å². The summed E-state index contributed by atoms with van der Waals surface area (Å²) in [5.74, 6) is 0. The Morgan fingerprint density at radius 1 is 1.12 bits per heavy atom. The van der Waals surface area contributed by atoms with Crippen LogP contribution in [0.4, 0.5) is 0 Å². The van der Waals surface area contributed by atoms with E-state index in [2.05, 4.69) is 26.0 Å². The molecule has 8 heavy (non-hydrogen) atoms. The average molecular weight is 146 g/mol. The fraction of sp³-hybridized carbons (Fsp3) is 0.333. The molecule has 0 saturated heterocycles. The second kappa shape index (κ2) is 3.21. The van der Waals surface area contributed by atoms with Crippen LogP contribution in [0.1, 0.15) is 9.75 Å². The molecule has 0 aliphatic carbocycles. The Kier molecular flexibility index (Phi) is 3.27. The van der Waals surface area contributed by atoms with Gasteiger partial charge in [-0.25, -0.2) is 0 Å². The van der Waals surface area contributed by atoms with E-state index in [0.717, 1.165) is 0 Å². The summed E-state index contributed by atoms with van der Waals surface area (Å²) in [5.41, 5.74) is 0. The summed E-state index contributed by atoms with van der Waals surface area (Å²) in [7, 11) is 0. The summed E-state index contributed by atoms with van der Waals surface area (Å²) in [4.78, 5) is 2.80. The third kappa shape index (κ3) is 1.94. The van der Waals surface area contributed by atoms with Crippen molar-refractivity contribution in [1.29, 1.82) is 0 Å². The predicted octanol–water partition coefficient (Wildman–Crippen LogP) is 2.42. The molecule has 1 heterocycles. The first-order valence-electron chi connectivity index (χ1n) is 2.32. The van der Waals surface area contributed by atoms with Gasteiger partial charge in [-0.05, 0) is 26.0 Å². The van der Waals surface area contributed by atoms with Crippen LogP contribution in [0.15, 0.2) is 12.1 Å². The molecule has 0 amide bonds. The van der Waals surface area contributed by atoms with Gasteiger partial charge in [0.25, 0.3) is 0 Å². The van der Waals surface area contributed by atoms with Crippen LogP contribution >= 0.6 is 21.2 Å². The molecule has 46 valence electrons. The molecule has 1 unspecified atom stereocenters. The van der Waals surface area contributed by atoms with Crippen LogP contribution in [0.25, 0.3) is 0 Å². The van der Waals surface area contributed by atoms with Crippen LogP contribution in [0.2, 0.25) is 0 Å². The highest BCUT2D eigenvalue weighted by atomic mass is 32.1. The maximum absolute atomic E-state index is 2.14. The molecule has 1 aromatic heterocycles. The lowest BCUT2D eigenvalue weighted by Gasteiger charge is -1.71. The Balaban J connectivity index is 0.000000490. The molecule has 0 aliphatic rings. The van der Waals surface area contributed by atoms with Gasteiger partial charge in [0.2, 0.25) is 0 Å². The molecule has 2 heteroatoms. The predicted molar refractivity (Wildman–Crippen MR) is 44.9 cm³/mol. The molecule has 0 saturated carbocycles. The molecule has 1 rings (SSSR count). The highest BCUT2D eigenvalue weighted by Crippen LogP contribution is 2.11. The van der Waals surface area contributed by atoms with Crippen molar-refractivity contribution in [2.24, 2.45) is 0 Å². The van der Waals surface area contributed by atoms with E-state index in [0.29, 0.717) is 0 Å². The molecule has 1 atom stereocenters. The zero-order chi connectivity index (χ0) is 5.28. The van der Waals surface area contributed by atoms with E-state index in [4.69, 9.17) is 0 Å². The zero-order valence-electron chi connectivity index (χ0n) is 5.27. The van der Waals surface area contributed by atoms with E-state index >= 15 is 0 Å². The highest BCUT2D eigenvalue weighted by molar-refractivity contribution is 7.11. The second-order valence-electron chi connectivity index (χ2n) is 1.66. The van der Waals surface area contributed by atoms with Crippen molar-refractivity contribution in [2.75, 3.05) is 0 Å². The highest BCUT2D eigenvalue weighted by Gasteiger charge is 1.84. The quantitative estimate of drug-likeness (QED) is 0.493. The molecular formula is C6H11PS. The van der Waals surface area contributed by atoms with Gasteiger partial charge < -0.3 is 0 Å². The topological polar surface area (TPSA) is 0 Å². The normalized spacial score (nSPS) is 8.25. The van der Waals surface area contributed by atoms with Crippen molar-refractivity contribution in [1.82, 2.24) is 0 Å². The molecule has 0 radical (unpaired) electrons. The number of aryl methyl sites for hydroxylation is 2. The lowest BCUT2D eigenvalue weighted by Crippen LogP contribution is -1.44. The van der Waals surface area contributed by atoms with E-state index in [1.807, 2.05) is 11.3 Å². The van der Waals surface area contributed by atoms with Crippen LogP contribution < -0.4 is 0 Å². The van der Waals surface area contributed by atoms with E-state index in [-0.39, 0.29) is 9.90 Å². The molecule has 0 aromatic carbocycles. The summed E-state index contributed by atoms with van der Waals surface area (Å²) in [5, 5.41) is 0. The van der Waals surface area contributed by atoms with Crippen molar-refractivity contribution in [2.45, 2.75) is 13.8 Å². The molecule has 0 nitrogen and oxygen atoms in total. The molecule has 1 aromatic rings. The molecular weight excluding hydrogens is 135 g/mol. The summed E-state index contributed by atoms with van der Waals surface area (Å²) in [6.07, 6.45) is 0. The van der Waals surface area contributed by atoms with Gasteiger partial charge in [-0.15, -0.1) is 11.3 Å². The lowest BCUT2D eigenvalue weighted by molar-refractivity contribution is 1.61. The number of hydrogen-bond acceptors (Lipinski definition) is 1. The van der Waals surface area contributed by atoms with Gasteiger partial charge in [0, 0.05) is 9.75 Å². The van der Waals surface area contributed by atoms with E-state index in [9.17, 15) is 0 Å².